The van der Waals surface area contributed by atoms with E-state index in [1.807, 2.05) is 78.8 Å². The van der Waals surface area contributed by atoms with Crippen LogP contribution in [0.4, 0.5) is 5.69 Å². The lowest BCUT2D eigenvalue weighted by molar-refractivity contribution is -0.113. The van der Waals surface area contributed by atoms with Crippen molar-refractivity contribution < 1.29 is 9.59 Å². The number of hydrogen-bond donors (Lipinski definition) is 1. The first-order valence-corrected chi connectivity index (χ1v) is 12.3. The molecule has 1 unspecified atom stereocenters. The lowest BCUT2D eigenvalue weighted by Gasteiger charge is -2.24. The molecule has 3 aromatic rings. The monoisotopic (exact) mass is 463 g/mol. The fraction of sp³-hybridized carbons (Fsp3) is 0.360. The van der Waals surface area contributed by atoms with Crippen LogP contribution in [0.25, 0.3) is 0 Å². The highest BCUT2D eigenvalue weighted by atomic mass is 32.2. The molecule has 1 aliphatic heterocycles. The van der Waals surface area contributed by atoms with Crippen LogP contribution < -0.4 is 5.32 Å². The molecule has 8 heteroatoms. The zero-order chi connectivity index (χ0) is 23.4. The largest absolute Gasteiger partial charge is 0.328 e. The Labute approximate surface area is 198 Å². The number of amides is 2. The number of aryl methyl sites for hydroxylation is 2. The standard InChI is InChI=1S/C25H29N5O2S/c1-4-29-23(21-10-7-15-30(21)24(32)19-13-11-17(2)12-14-19)27-28-25(29)33-16-22(31)26-20-9-6-5-8-18(20)3/h5-6,8-9,11-14,21H,4,7,10,15-16H2,1-3H3,(H,26,31). The van der Waals surface area contributed by atoms with E-state index in [1.165, 1.54) is 11.8 Å². The smallest absolute Gasteiger partial charge is 0.254 e. The van der Waals surface area contributed by atoms with E-state index in [2.05, 4.69) is 15.5 Å². The van der Waals surface area contributed by atoms with Crippen LogP contribution >= 0.6 is 11.8 Å². The van der Waals surface area contributed by atoms with Gasteiger partial charge in [-0.1, -0.05) is 47.7 Å². The highest BCUT2D eigenvalue weighted by Crippen LogP contribution is 2.34. The van der Waals surface area contributed by atoms with Crippen LogP contribution in [0.15, 0.2) is 53.7 Å². The molecule has 1 atom stereocenters. The lowest BCUT2D eigenvalue weighted by Crippen LogP contribution is -2.32. The number of carbonyl (C=O) groups is 2. The van der Waals surface area contributed by atoms with Crippen LogP contribution in [0.1, 0.15) is 53.1 Å². The normalized spacial score (nSPS) is 15.6. The van der Waals surface area contributed by atoms with Gasteiger partial charge in [-0.2, -0.15) is 0 Å². The molecular weight excluding hydrogens is 434 g/mol. The van der Waals surface area contributed by atoms with Crippen molar-refractivity contribution in [2.24, 2.45) is 0 Å². The number of thioether (sulfide) groups is 1. The minimum absolute atomic E-state index is 0.0231. The number of para-hydroxylation sites is 1. The molecule has 1 saturated heterocycles. The van der Waals surface area contributed by atoms with Gasteiger partial charge in [0.25, 0.3) is 5.91 Å². The van der Waals surface area contributed by atoms with Crippen LogP contribution in [0, 0.1) is 13.8 Å². The van der Waals surface area contributed by atoms with Gasteiger partial charge in [-0.3, -0.25) is 9.59 Å². The predicted octanol–water partition coefficient (Wildman–Crippen LogP) is 4.62. The van der Waals surface area contributed by atoms with Crippen molar-refractivity contribution in [3.8, 4) is 0 Å². The number of rotatable bonds is 7. The minimum Gasteiger partial charge on any atom is -0.328 e. The van der Waals surface area contributed by atoms with Gasteiger partial charge in [0.15, 0.2) is 11.0 Å². The summed E-state index contributed by atoms with van der Waals surface area (Å²) in [7, 11) is 0. The van der Waals surface area contributed by atoms with E-state index in [0.717, 1.165) is 35.5 Å². The van der Waals surface area contributed by atoms with Crippen molar-refractivity contribution >= 4 is 29.3 Å². The van der Waals surface area contributed by atoms with Crippen molar-refractivity contribution in [1.82, 2.24) is 19.7 Å². The van der Waals surface area contributed by atoms with E-state index in [9.17, 15) is 9.59 Å². The van der Waals surface area contributed by atoms with Gasteiger partial charge < -0.3 is 14.8 Å². The molecule has 0 bridgehead atoms. The Bertz CT molecular complexity index is 1140. The second kappa shape index (κ2) is 10.2. The number of anilines is 1. The number of hydrogen-bond acceptors (Lipinski definition) is 5. The Kier molecular flexibility index (Phi) is 7.13. The zero-order valence-corrected chi connectivity index (χ0v) is 20.1. The van der Waals surface area contributed by atoms with Crippen LogP contribution in [0.2, 0.25) is 0 Å². The number of nitrogens with one attached hydrogen (secondary N) is 1. The Hall–Kier alpha value is -3.13. The fourth-order valence-electron chi connectivity index (χ4n) is 4.12. The van der Waals surface area contributed by atoms with Crippen molar-refractivity contribution in [1.29, 1.82) is 0 Å². The van der Waals surface area contributed by atoms with Crippen molar-refractivity contribution in [3.63, 3.8) is 0 Å². The van der Waals surface area contributed by atoms with E-state index >= 15 is 0 Å². The average molecular weight is 464 g/mol. The first-order valence-electron chi connectivity index (χ1n) is 11.3. The number of nitrogens with zero attached hydrogens (tertiary/aromatic N) is 4. The van der Waals surface area contributed by atoms with Gasteiger partial charge in [0, 0.05) is 24.3 Å². The summed E-state index contributed by atoms with van der Waals surface area (Å²) in [6.07, 6.45) is 1.79. The molecule has 1 fully saturated rings. The number of carbonyl (C=O) groups excluding carboxylic acids is 2. The summed E-state index contributed by atoms with van der Waals surface area (Å²) in [5.41, 5.74) is 3.66. The van der Waals surface area contributed by atoms with Crippen LogP contribution in [-0.4, -0.2) is 43.8 Å². The Morgan fingerprint density at radius 1 is 1.09 bits per heavy atom. The molecule has 2 aromatic carbocycles. The SMILES string of the molecule is CCn1c(SCC(=O)Nc2ccccc2C)nnc1C1CCCN1C(=O)c1ccc(C)cc1. The molecule has 1 aliphatic rings. The molecule has 0 spiro atoms. The van der Waals surface area contributed by atoms with Gasteiger partial charge in [0.2, 0.25) is 5.91 Å². The number of benzene rings is 2. The average Bonchev–Trinajstić information content (AvgIpc) is 3.45. The maximum absolute atomic E-state index is 13.2. The zero-order valence-electron chi connectivity index (χ0n) is 19.2. The Morgan fingerprint density at radius 3 is 2.58 bits per heavy atom. The first kappa shape index (κ1) is 23.0. The molecule has 2 heterocycles. The highest BCUT2D eigenvalue weighted by molar-refractivity contribution is 7.99. The third-order valence-corrected chi connectivity index (χ3v) is 6.89. The fourth-order valence-corrected chi connectivity index (χ4v) is 4.93. The van der Waals surface area contributed by atoms with Crippen LogP contribution in [-0.2, 0) is 11.3 Å². The summed E-state index contributed by atoms with van der Waals surface area (Å²) >= 11 is 1.37. The second-order valence-electron chi connectivity index (χ2n) is 8.26. The summed E-state index contributed by atoms with van der Waals surface area (Å²) in [6, 6.07) is 15.3. The van der Waals surface area contributed by atoms with Crippen molar-refractivity contribution in [3.05, 3.63) is 71.0 Å². The van der Waals surface area contributed by atoms with E-state index in [1.54, 1.807) is 0 Å². The summed E-state index contributed by atoms with van der Waals surface area (Å²) < 4.78 is 2.02. The van der Waals surface area contributed by atoms with Gasteiger partial charge in [0.05, 0.1) is 11.8 Å². The van der Waals surface area contributed by atoms with E-state index in [-0.39, 0.29) is 23.6 Å². The van der Waals surface area contributed by atoms with Gasteiger partial charge >= 0.3 is 0 Å². The Morgan fingerprint density at radius 2 is 1.85 bits per heavy atom. The third-order valence-electron chi connectivity index (χ3n) is 5.92. The molecule has 172 valence electrons. The molecule has 0 saturated carbocycles. The van der Waals surface area contributed by atoms with Gasteiger partial charge in [-0.25, -0.2) is 0 Å². The molecule has 2 amide bonds. The quantitative estimate of drug-likeness (QED) is 0.517. The molecule has 4 rings (SSSR count). The lowest BCUT2D eigenvalue weighted by atomic mass is 10.1. The highest BCUT2D eigenvalue weighted by Gasteiger charge is 2.34. The molecular formula is C25H29N5O2S. The van der Waals surface area contributed by atoms with E-state index in [0.29, 0.717) is 23.8 Å². The maximum Gasteiger partial charge on any atom is 0.254 e. The van der Waals surface area contributed by atoms with Crippen LogP contribution in [0.3, 0.4) is 0 Å². The molecule has 1 N–H and O–H groups in total. The summed E-state index contributed by atoms with van der Waals surface area (Å²) in [6.45, 7) is 7.39. The molecule has 1 aromatic heterocycles. The molecule has 7 nitrogen and oxygen atoms in total. The molecule has 0 aliphatic carbocycles. The third kappa shape index (κ3) is 5.11. The van der Waals surface area contributed by atoms with Gasteiger partial charge in [-0.05, 0) is 57.4 Å². The topological polar surface area (TPSA) is 80.1 Å². The number of likely N-dealkylation sites (tertiary alicyclic amines) is 1. The minimum atomic E-state index is -0.110. The van der Waals surface area contributed by atoms with Gasteiger partial charge in [-0.15, -0.1) is 10.2 Å². The van der Waals surface area contributed by atoms with Gasteiger partial charge in [0.1, 0.15) is 0 Å². The van der Waals surface area contributed by atoms with Crippen LogP contribution in [0.5, 0.6) is 0 Å². The summed E-state index contributed by atoms with van der Waals surface area (Å²) in [4.78, 5) is 27.6. The second-order valence-corrected chi connectivity index (χ2v) is 9.20. The maximum atomic E-state index is 13.2. The number of aromatic nitrogens is 3. The molecule has 0 radical (unpaired) electrons. The van der Waals surface area contributed by atoms with Crippen molar-refractivity contribution in [2.75, 3.05) is 17.6 Å². The van der Waals surface area contributed by atoms with E-state index < -0.39 is 0 Å². The molecule has 33 heavy (non-hydrogen) atoms. The summed E-state index contributed by atoms with van der Waals surface area (Å²) in [5.74, 6) is 0.967. The summed E-state index contributed by atoms with van der Waals surface area (Å²) in [5, 5.41) is 12.5. The first-order chi connectivity index (χ1) is 16.0. The Balaban J connectivity index is 1.46. The predicted molar refractivity (Wildman–Crippen MR) is 130 cm³/mol. The van der Waals surface area contributed by atoms with E-state index in [4.69, 9.17) is 0 Å². The van der Waals surface area contributed by atoms with Crippen molar-refractivity contribution in [2.45, 2.75) is 51.4 Å².